The van der Waals surface area contributed by atoms with Gasteiger partial charge >= 0.3 is 0 Å². The Kier molecular flexibility index (Phi) is 5.09. The van der Waals surface area contributed by atoms with E-state index in [4.69, 9.17) is 4.52 Å². The first-order chi connectivity index (χ1) is 14.7. The quantitative estimate of drug-likeness (QED) is 0.665. The summed E-state index contributed by atoms with van der Waals surface area (Å²) in [7, 11) is 0. The van der Waals surface area contributed by atoms with Crippen LogP contribution in [-0.2, 0) is 6.54 Å². The molecule has 0 radical (unpaired) electrons. The number of benzene rings is 1. The van der Waals surface area contributed by atoms with Crippen molar-refractivity contribution in [3.8, 4) is 11.3 Å². The highest BCUT2D eigenvalue weighted by molar-refractivity contribution is 5.92. The molecular formula is C24H26N4O2. The van der Waals surface area contributed by atoms with Crippen molar-refractivity contribution < 1.29 is 9.32 Å². The van der Waals surface area contributed by atoms with E-state index in [1.165, 1.54) is 5.56 Å². The third kappa shape index (κ3) is 3.87. The van der Waals surface area contributed by atoms with E-state index in [9.17, 15) is 4.79 Å². The second kappa shape index (κ2) is 8.03. The molecular weight excluding hydrogens is 376 g/mol. The van der Waals surface area contributed by atoms with Gasteiger partial charge in [0.15, 0.2) is 5.76 Å². The zero-order valence-corrected chi connectivity index (χ0v) is 17.2. The third-order valence-electron chi connectivity index (χ3n) is 6.26. The normalized spacial score (nSPS) is 21.6. The molecule has 6 rings (SSSR count). The van der Waals surface area contributed by atoms with Gasteiger partial charge in [-0.2, -0.15) is 0 Å². The molecule has 6 heteroatoms. The number of rotatable bonds is 4. The molecule has 3 fully saturated rings. The minimum Gasteiger partial charge on any atom is -0.359 e. The van der Waals surface area contributed by atoms with Crippen molar-refractivity contribution in [2.45, 2.75) is 32.4 Å². The topological polar surface area (TPSA) is 62.5 Å². The minimum atomic E-state index is 0.0377. The molecule has 0 aliphatic carbocycles. The zero-order valence-electron chi connectivity index (χ0n) is 17.2. The summed E-state index contributed by atoms with van der Waals surface area (Å²) >= 11 is 0. The third-order valence-corrected chi connectivity index (χ3v) is 6.26. The number of carbonyl (C=O) groups is 1. The van der Waals surface area contributed by atoms with Gasteiger partial charge in [-0.1, -0.05) is 41.1 Å². The van der Waals surface area contributed by atoms with E-state index in [2.05, 4.69) is 46.2 Å². The van der Waals surface area contributed by atoms with E-state index >= 15 is 0 Å². The van der Waals surface area contributed by atoms with Gasteiger partial charge in [0.1, 0.15) is 11.4 Å². The van der Waals surface area contributed by atoms with Crippen molar-refractivity contribution in [3.05, 3.63) is 71.7 Å². The summed E-state index contributed by atoms with van der Waals surface area (Å²) in [4.78, 5) is 21.6. The number of pyridine rings is 1. The van der Waals surface area contributed by atoms with Crippen molar-refractivity contribution in [1.82, 2.24) is 19.9 Å². The predicted octanol–water partition coefficient (Wildman–Crippen LogP) is 3.78. The number of carbonyl (C=O) groups excluding carboxylic acids is 1. The number of fused-ring (bicyclic) bond motifs is 4. The number of hydrogen-bond donors (Lipinski definition) is 0. The van der Waals surface area contributed by atoms with Crippen molar-refractivity contribution in [2.24, 2.45) is 5.92 Å². The van der Waals surface area contributed by atoms with Gasteiger partial charge in [-0.25, -0.2) is 0 Å². The summed E-state index contributed by atoms with van der Waals surface area (Å²) in [6, 6.07) is 16.2. The molecule has 3 aromatic rings. The summed E-state index contributed by atoms with van der Waals surface area (Å²) in [5.74, 6) is 1.40. The molecule has 1 aromatic carbocycles. The summed E-state index contributed by atoms with van der Waals surface area (Å²) in [5.41, 5.74) is 3.70. The molecule has 3 aliphatic rings. The summed E-state index contributed by atoms with van der Waals surface area (Å²) in [6.45, 7) is 5.33. The Balaban J connectivity index is 1.29. The summed E-state index contributed by atoms with van der Waals surface area (Å²) < 4.78 is 5.66. The van der Waals surface area contributed by atoms with Crippen LogP contribution in [0.25, 0.3) is 11.3 Å². The predicted molar refractivity (Wildman–Crippen MR) is 114 cm³/mol. The lowest BCUT2D eigenvalue weighted by Gasteiger charge is -2.35. The molecule has 1 amide bonds. The van der Waals surface area contributed by atoms with Gasteiger partial charge < -0.3 is 9.42 Å². The largest absolute Gasteiger partial charge is 0.359 e. The number of aromatic nitrogens is 2. The first-order valence-electron chi connectivity index (χ1n) is 10.6. The van der Waals surface area contributed by atoms with E-state index in [0.717, 1.165) is 56.0 Å². The van der Waals surface area contributed by atoms with Crippen molar-refractivity contribution in [3.63, 3.8) is 0 Å². The molecule has 0 spiro atoms. The number of aryl methyl sites for hydroxylation is 1. The molecule has 6 nitrogen and oxygen atoms in total. The molecule has 0 N–H and O–H groups in total. The van der Waals surface area contributed by atoms with Gasteiger partial charge in [0, 0.05) is 43.5 Å². The Bertz CT molecular complexity index is 1020. The zero-order chi connectivity index (χ0) is 20.5. The SMILES string of the molecule is Cc1ccc(-c2cc(CN3C[C@H]4CC[C@@H]3CN(C(=O)c3ccccn3)C4)on2)cc1. The highest BCUT2D eigenvalue weighted by Gasteiger charge is 2.37. The van der Waals surface area contributed by atoms with Gasteiger partial charge in [-0.15, -0.1) is 0 Å². The van der Waals surface area contributed by atoms with Crippen LogP contribution in [0.3, 0.4) is 0 Å². The molecule has 3 saturated heterocycles. The fraction of sp³-hybridized carbons (Fsp3) is 0.375. The van der Waals surface area contributed by atoms with Crippen LogP contribution in [0.1, 0.15) is 34.7 Å². The van der Waals surface area contributed by atoms with E-state index in [1.807, 2.05) is 23.1 Å². The first-order valence-corrected chi connectivity index (χ1v) is 10.6. The maximum atomic E-state index is 12.9. The average molecular weight is 402 g/mol. The molecule has 0 unspecified atom stereocenters. The number of nitrogens with zero attached hydrogens (tertiary/aromatic N) is 4. The van der Waals surface area contributed by atoms with Crippen LogP contribution in [0.5, 0.6) is 0 Å². The second-order valence-electron chi connectivity index (χ2n) is 8.50. The number of hydrogen-bond acceptors (Lipinski definition) is 5. The average Bonchev–Trinajstić information content (AvgIpc) is 3.05. The van der Waals surface area contributed by atoms with Crippen LogP contribution in [0, 0.1) is 12.8 Å². The molecule has 2 aromatic heterocycles. The highest BCUT2D eigenvalue weighted by atomic mass is 16.5. The van der Waals surface area contributed by atoms with Gasteiger partial charge in [0.05, 0.1) is 6.54 Å². The number of piperidine rings is 1. The van der Waals surface area contributed by atoms with Crippen LogP contribution in [0.2, 0.25) is 0 Å². The van der Waals surface area contributed by atoms with Gasteiger partial charge in [0.2, 0.25) is 0 Å². The Hall–Kier alpha value is -2.99. The van der Waals surface area contributed by atoms with E-state index in [-0.39, 0.29) is 5.91 Å². The van der Waals surface area contributed by atoms with Crippen molar-refractivity contribution in [2.75, 3.05) is 19.6 Å². The molecule has 3 aliphatic heterocycles. The maximum absolute atomic E-state index is 12.9. The Morgan fingerprint density at radius 3 is 2.77 bits per heavy atom. The van der Waals surface area contributed by atoms with Gasteiger partial charge in [-0.3, -0.25) is 14.7 Å². The molecule has 154 valence electrons. The second-order valence-corrected chi connectivity index (χ2v) is 8.50. The summed E-state index contributed by atoms with van der Waals surface area (Å²) in [6.07, 6.45) is 3.95. The Morgan fingerprint density at radius 1 is 1.10 bits per heavy atom. The van der Waals surface area contributed by atoms with E-state index < -0.39 is 0 Å². The van der Waals surface area contributed by atoms with Crippen molar-refractivity contribution in [1.29, 1.82) is 0 Å². The lowest BCUT2D eigenvalue weighted by molar-refractivity contribution is 0.0727. The van der Waals surface area contributed by atoms with Crippen molar-refractivity contribution >= 4 is 5.91 Å². The monoisotopic (exact) mass is 402 g/mol. The lowest BCUT2D eigenvalue weighted by atomic mass is 9.95. The maximum Gasteiger partial charge on any atom is 0.272 e. The number of amides is 1. The fourth-order valence-corrected chi connectivity index (χ4v) is 4.64. The molecule has 5 heterocycles. The van der Waals surface area contributed by atoms with E-state index in [1.54, 1.807) is 12.3 Å². The smallest absolute Gasteiger partial charge is 0.272 e. The standard InChI is InChI=1S/C24H26N4O2/c1-17-5-8-19(9-6-17)23-12-21(30-26-23)16-27-13-18-7-10-20(27)15-28(14-18)24(29)22-4-2-3-11-25-22/h2-6,8-9,11-12,18,20H,7,10,13-16H2,1H3/t18-,20-/m1/s1. The molecule has 0 saturated carbocycles. The highest BCUT2D eigenvalue weighted by Crippen LogP contribution is 2.30. The van der Waals surface area contributed by atoms with Gasteiger partial charge in [0.25, 0.3) is 5.91 Å². The van der Waals surface area contributed by atoms with E-state index in [0.29, 0.717) is 17.7 Å². The first kappa shape index (κ1) is 19.0. The molecule has 2 bridgehead atoms. The molecule has 2 atom stereocenters. The van der Waals surface area contributed by atoms with Crippen LogP contribution in [0.4, 0.5) is 0 Å². The van der Waals surface area contributed by atoms with Gasteiger partial charge in [-0.05, 0) is 37.8 Å². The van der Waals surface area contributed by atoms with Crippen LogP contribution < -0.4 is 0 Å². The van der Waals surface area contributed by atoms with Crippen LogP contribution in [-0.4, -0.2) is 51.5 Å². The molecule has 30 heavy (non-hydrogen) atoms. The van der Waals surface area contributed by atoms with Crippen LogP contribution in [0.15, 0.2) is 59.3 Å². The Morgan fingerprint density at radius 2 is 1.97 bits per heavy atom. The summed E-state index contributed by atoms with van der Waals surface area (Å²) in [5, 5.41) is 4.28. The minimum absolute atomic E-state index is 0.0377. The van der Waals surface area contributed by atoms with Crippen LogP contribution >= 0.6 is 0 Å². The lowest BCUT2D eigenvalue weighted by Crippen LogP contribution is -2.43. The fourth-order valence-electron chi connectivity index (χ4n) is 4.64. The Labute approximate surface area is 176 Å².